The lowest BCUT2D eigenvalue weighted by atomic mass is 9.97. The summed E-state index contributed by atoms with van der Waals surface area (Å²) in [5.41, 5.74) is 5.77. The van der Waals surface area contributed by atoms with Crippen molar-refractivity contribution in [2.75, 3.05) is 20.3 Å². The fourth-order valence-corrected chi connectivity index (χ4v) is 8.47. The molecular formula is C57H62O12. The van der Waals surface area contributed by atoms with Crippen molar-refractivity contribution >= 4 is 5.97 Å². The van der Waals surface area contributed by atoms with Crippen LogP contribution in [0.2, 0.25) is 0 Å². The molecule has 6 aromatic carbocycles. The van der Waals surface area contributed by atoms with Crippen molar-refractivity contribution in [3.8, 4) is 0 Å². The Balaban J connectivity index is 1.13. The van der Waals surface area contributed by atoms with E-state index in [1.807, 2.05) is 182 Å². The predicted octanol–water partition coefficient (Wildman–Crippen LogP) is 9.17. The summed E-state index contributed by atoms with van der Waals surface area (Å²) in [6.45, 7) is 2.66. The van der Waals surface area contributed by atoms with Gasteiger partial charge in [0.25, 0.3) is 0 Å². The largest absolute Gasteiger partial charge is 0.463 e. The number of rotatable bonds is 24. The molecule has 0 saturated carbocycles. The SMILES string of the molecule is CO[C@H]1O[C@H](CO[C@H]2O[C@H](COC(C)=O)[C@@H](OCc3ccccc3)[C@H](OCc3ccccc3)[C@H]2OCc2ccccc2)[C@@H](OCc2ccccc2)[C@H](OCc2ccccc2)[C@H]1OCc1ccccc1. The average Bonchev–Trinajstić information content (AvgIpc) is 3.40. The van der Waals surface area contributed by atoms with Crippen molar-refractivity contribution in [2.45, 2.75) is 108 Å². The molecule has 8 rings (SSSR count). The van der Waals surface area contributed by atoms with Gasteiger partial charge in [-0.1, -0.05) is 182 Å². The molecule has 0 amide bonds. The number of esters is 1. The Bertz CT molecular complexity index is 2350. The van der Waals surface area contributed by atoms with Crippen LogP contribution in [0.5, 0.6) is 0 Å². The van der Waals surface area contributed by atoms with Gasteiger partial charge in [0.2, 0.25) is 0 Å². The molecule has 362 valence electrons. The maximum Gasteiger partial charge on any atom is 0.302 e. The van der Waals surface area contributed by atoms with E-state index in [1.165, 1.54) is 6.92 Å². The van der Waals surface area contributed by atoms with Crippen LogP contribution in [0.3, 0.4) is 0 Å². The van der Waals surface area contributed by atoms with Gasteiger partial charge in [0.1, 0.15) is 55.4 Å². The molecular weight excluding hydrogens is 877 g/mol. The average molecular weight is 939 g/mol. The topological polar surface area (TPSA) is 119 Å². The second-order valence-corrected chi connectivity index (χ2v) is 17.0. The highest BCUT2D eigenvalue weighted by molar-refractivity contribution is 5.65. The van der Waals surface area contributed by atoms with Crippen LogP contribution in [-0.4, -0.2) is 87.7 Å². The van der Waals surface area contributed by atoms with Gasteiger partial charge in [-0.3, -0.25) is 4.79 Å². The summed E-state index contributed by atoms with van der Waals surface area (Å²) >= 11 is 0. The van der Waals surface area contributed by atoms with E-state index in [2.05, 4.69) is 0 Å². The van der Waals surface area contributed by atoms with Crippen molar-refractivity contribution in [1.82, 2.24) is 0 Å². The van der Waals surface area contributed by atoms with Gasteiger partial charge in [0, 0.05) is 14.0 Å². The van der Waals surface area contributed by atoms with Crippen LogP contribution < -0.4 is 0 Å². The quantitative estimate of drug-likeness (QED) is 0.0539. The standard InChI is InChI=1S/C57H62O12/c1-41(58)60-39-48-50(61-33-42-21-9-3-10-22-42)53(64-36-45-27-15-6-16-28-45)55(66-38-47-31-19-8-20-32-47)57(69-48)67-40-49-51(62-34-43-23-11-4-12-24-43)52(63-35-44-25-13-5-14-26-44)54(56(59-2)68-49)65-37-46-29-17-7-18-30-46/h3-32,48-57H,33-40H2,1-2H3/t48-,49-,50-,51-,52+,53+,54-,55-,56+,57+/m1/s1. The minimum atomic E-state index is -1.08. The molecule has 0 N–H and O–H groups in total. The summed E-state index contributed by atoms with van der Waals surface area (Å²) in [7, 11) is 1.59. The van der Waals surface area contributed by atoms with Crippen LogP contribution in [-0.2, 0) is 96.5 Å². The van der Waals surface area contributed by atoms with Gasteiger partial charge in [-0.05, 0) is 33.4 Å². The molecule has 12 heteroatoms. The lowest BCUT2D eigenvalue weighted by molar-refractivity contribution is -0.350. The first-order valence-electron chi connectivity index (χ1n) is 23.5. The minimum absolute atomic E-state index is 0.0625. The monoisotopic (exact) mass is 938 g/mol. The second-order valence-electron chi connectivity index (χ2n) is 17.0. The number of hydrogen-bond acceptors (Lipinski definition) is 12. The molecule has 0 aromatic heterocycles. The van der Waals surface area contributed by atoms with Crippen molar-refractivity contribution < 1.29 is 56.9 Å². The van der Waals surface area contributed by atoms with E-state index in [1.54, 1.807) is 7.11 Å². The van der Waals surface area contributed by atoms with Crippen LogP contribution in [0.15, 0.2) is 182 Å². The van der Waals surface area contributed by atoms with Gasteiger partial charge in [0.05, 0.1) is 46.2 Å². The summed E-state index contributed by atoms with van der Waals surface area (Å²) in [5, 5.41) is 0. The molecule has 0 bridgehead atoms. The number of hydrogen-bond donors (Lipinski definition) is 0. The first-order valence-corrected chi connectivity index (χ1v) is 23.5. The highest BCUT2D eigenvalue weighted by Crippen LogP contribution is 2.35. The second kappa shape index (κ2) is 26.4. The summed E-state index contributed by atoms with van der Waals surface area (Å²) in [6.07, 6.45) is -8.13. The number of carbonyl (C=O) groups excluding carboxylic acids is 1. The summed E-state index contributed by atoms with van der Waals surface area (Å²) in [4.78, 5) is 12.4. The molecule has 2 aliphatic heterocycles. The zero-order valence-electron chi connectivity index (χ0n) is 39.1. The number of benzene rings is 6. The smallest absolute Gasteiger partial charge is 0.302 e. The molecule has 0 radical (unpaired) electrons. The molecule has 0 aliphatic carbocycles. The first-order chi connectivity index (χ1) is 34.0. The molecule has 6 aromatic rings. The van der Waals surface area contributed by atoms with Crippen molar-refractivity contribution in [2.24, 2.45) is 0 Å². The summed E-state index contributed by atoms with van der Waals surface area (Å²) < 4.78 is 73.2. The minimum Gasteiger partial charge on any atom is -0.463 e. The highest BCUT2D eigenvalue weighted by Gasteiger charge is 2.52. The normalized spacial score (nSPS) is 24.7. The van der Waals surface area contributed by atoms with E-state index in [0.29, 0.717) is 0 Å². The lowest BCUT2D eigenvalue weighted by Crippen LogP contribution is -2.64. The Labute approximate surface area is 405 Å². The van der Waals surface area contributed by atoms with Crippen LogP contribution in [0.4, 0.5) is 0 Å². The molecule has 10 atom stereocenters. The zero-order valence-corrected chi connectivity index (χ0v) is 39.1. The van der Waals surface area contributed by atoms with E-state index in [0.717, 1.165) is 33.4 Å². The molecule has 0 spiro atoms. The van der Waals surface area contributed by atoms with Gasteiger partial charge in [-0.2, -0.15) is 0 Å². The van der Waals surface area contributed by atoms with Gasteiger partial charge >= 0.3 is 5.97 Å². The van der Waals surface area contributed by atoms with Crippen LogP contribution in [0, 0.1) is 0 Å². The third kappa shape index (κ3) is 14.7. The Morgan fingerprint density at radius 2 is 0.638 bits per heavy atom. The molecule has 69 heavy (non-hydrogen) atoms. The maximum absolute atomic E-state index is 12.4. The van der Waals surface area contributed by atoms with E-state index in [9.17, 15) is 4.79 Å². The molecule has 2 aliphatic rings. The van der Waals surface area contributed by atoms with Crippen LogP contribution >= 0.6 is 0 Å². The third-order valence-corrected chi connectivity index (χ3v) is 12.0. The number of ether oxygens (including phenoxy) is 11. The Morgan fingerprint density at radius 3 is 0.957 bits per heavy atom. The van der Waals surface area contributed by atoms with Gasteiger partial charge in [0.15, 0.2) is 12.6 Å². The predicted molar refractivity (Wildman–Crippen MR) is 257 cm³/mol. The van der Waals surface area contributed by atoms with E-state index in [-0.39, 0.29) is 52.9 Å². The Hall–Kier alpha value is -5.61. The summed E-state index contributed by atoms with van der Waals surface area (Å²) in [5.74, 6) is -0.465. The van der Waals surface area contributed by atoms with E-state index >= 15 is 0 Å². The molecule has 12 nitrogen and oxygen atoms in total. The van der Waals surface area contributed by atoms with Gasteiger partial charge < -0.3 is 52.1 Å². The molecule has 2 fully saturated rings. The Kier molecular flexibility index (Phi) is 19.0. The Morgan fingerprint density at radius 1 is 0.362 bits per heavy atom. The van der Waals surface area contributed by atoms with E-state index in [4.69, 9.17) is 52.1 Å². The van der Waals surface area contributed by atoms with Crippen LogP contribution in [0.1, 0.15) is 40.3 Å². The zero-order chi connectivity index (χ0) is 47.5. The van der Waals surface area contributed by atoms with Gasteiger partial charge in [-0.15, -0.1) is 0 Å². The molecule has 0 unspecified atom stereocenters. The molecule has 2 saturated heterocycles. The summed E-state index contributed by atoms with van der Waals surface area (Å²) in [6, 6.07) is 59.4. The highest BCUT2D eigenvalue weighted by atomic mass is 16.8. The van der Waals surface area contributed by atoms with E-state index < -0.39 is 67.4 Å². The van der Waals surface area contributed by atoms with Crippen LogP contribution in [0.25, 0.3) is 0 Å². The molecule has 2 heterocycles. The van der Waals surface area contributed by atoms with Crippen molar-refractivity contribution in [3.63, 3.8) is 0 Å². The lowest BCUT2D eigenvalue weighted by Gasteiger charge is -2.47. The maximum atomic E-state index is 12.4. The fourth-order valence-electron chi connectivity index (χ4n) is 8.47. The number of methoxy groups -OCH3 is 1. The number of carbonyl (C=O) groups is 1. The first kappa shape index (κ1) is 49.8. The van der Waals surface area contributed by atoms with Gasteiger partial charge in [-0.25, -0.2) is 0 Å². The third-order valence-electron chi connectivity index (χ3n) is 12.0. The fraction of sp³-hybridized carbons (Fsp3) is 0.351. The van der Waals surface area contributed by atoms with Crippen molar-refractivity contribution in [3.05, 3.63) is 215 Å². The van der Waals surface area contributed by atoms with Crippen molar-refractivity contribution in [1.29, 1.82) is 0 Å².